The second-order valence-electron chi connectivity index (χ2n) is 3.25. The number of hydrogen-bond donors (Lipinski definition) is 2. The van der Waals surface area contributed by atoms with Gasteiger partial charge in [0.05, 0.1) is 12.7 Å². The molecule has 0 spiro atoms. The van der Waals surface area contributed by atoms with Gasteiger partial charge in [0.1, 0.15) is 6.10 Å². The van der Waals surface area contributed by atoms with Gasteiger partial charge in [-0.05, 0) is 12.3 Å². The van der Waals surface area contributed by atoms with E-state index in [0.717, 1.165) is 0 Å². The first-order valence-corrected chi connectivity index (χ1v) is 4.16. The van der Waals surface area contributed by atoms with Crippen LogP contribution in [-0.2, 0) is 9.47 Å². The van der Waals surface area contributed by atoms with E-state index in [2.05, 4.69) is 0 Å². The Bertz CT molecular complexity index is 139. The van der Waals surface area contributed by atoms with Crippen LogP contribution in [0.15, 0.2) is 0 Å². The Morgan fingerprint density at radius 1 is 1.58 bits per heavy atom. The van der Waals surface area contributed by atoms with Gasteiger partial charge in [-0.1, -0.05) is 6.92 Å². The van der Waals surface area contributed by atoms with E-state index in [4.69, 9.17) is 14.6 Å². The van der Waals surface area contributed by atoms with Gasteiger partial charge in [-0.2, -0.15) is 0 Å². The van der Waals surface area contributed by atoms with Crippen molar-refractivity contribution in [1.82, 2.24) is 0 Å². The largest absolute Gasteiger partial charge is 0.394 e. The molecule has 1 heterocycles. The third-order valence-electron chi connectivity index (χ3n) is 2.26. The minimum Gasteiger partial charge on any atom is -0.394 e. The van der Waals surface area contributed by atoms with Crippen LogP contribution in [0.5, 0.6) is 0 Å². The van der Waals surface area contributed by atoms with Crippen molar-refractivity contribution in [3.8, 4) is 0 Å². The predicted molar refractivity (Wildman–Crippen MR) is 42.5 cm³/mol. The predicted octanol–water partition coefficient (Wildman–Crippen LogP) is -0.263. The van der Waals surface area contributed by atoms with Gasteiger partial charge in [0.25, 0.3) is 0 Å². The van der Waals surface area contributed by atoms with Crippen LogP contribution in [0.4, 0.5) is 0 Å². The second-order valence-corrected chi connectivity index (χ2v) is 3.25. The molecule has 4 unspecified atom stereocenters. The lowest BCUT2D eigenvalue weighted by molar-refractivity contribution is -0.249. The lowest BCUT2D eigenvalue weighted by Gasteiger charge is -2.36. The van der Waals surface area contributed by atoms with Gasteiger partial charge in [-0.25, -0.2) is 0 Å². The molecule has 0 aromatic heterocycles. The highest BCUT2D eigenvalue weighted by Gasteiger charge is 2.34. The standard InChI is InChI=1S/C8H16O4/c1-5-3-6(4-9)12-8(11-2)7(5)10/h5-10H,3-4H2,1-2H3. The van der Waals surface area contributed by atoms with E-state index in [1.165, 1.54) is 7.11 Å². The van der Waals surface area contributed by atoms with Crippen molar-refractivity contribution >= 4 is 0 Å². The normalized spacial score (nSPS) is 43.0. The number of hydrogen-bond acceptors (Lipinski definition) is 4. The number of aliphatic hydroxyl groups excluding tert-OH is 2. The fourth-order valence-electron chi connectivity index (χ4n) is 1.46. The molecule has 4 nitrogen and oxygen atoms in total. The number of rotatable bonds is 2. The topological polar surface area (TPSA) is 58.9 Å². The molecule has 72 valence electrons. The Morgan fingerprint density at radius 3 is 2.75 bits per heavy atom. The van der Waals surface area contributed by atoms with E-state index in [9.17, 15) is 5.11 Å². The summed E-state index contributed by atoms with van der Waals surface area (Å²) in [6.07, 6.45) is -0.700. The van der Waals surface area contributed by atoms with E-state index in [0.29, 0.717) is 6.42 Å². The average Bonchev–Trinajstić information content (AvgIpc) is 2.09. The Morgan fingerprint density at radius 2 is 2.25 bits per heavy atom. The molecule has 1 aliphatic rings. The third kappa shape index (κ3) is 1.95. The van der Waals surface area contributed by atoms with Crippen LogP contribution in [0, 0.1) is 5.92 Å². The fourth-order valence-corrected chi connectivity index (χ4v) is 1.46. The molecule has 4 atom stereocenters. The Labute approximate surface area is 72.1 Å². The molecule has 0 aliphatic carbocycles. The zero-order valence-corrected chi connectivity index (χ0v) is 7.43. The van der Waals surface area contributed by atoms with Gasteiger partial charge < -0.3 is 19.7 Å². The Kier molecular flexibility index (Phi) is 3.46. The summed E-state index contributed by atoms with van der Waals surface area (Å²) in [5, 5.41) is 18.4. The smallest absolute Gasteiger partial charge is 0.183 e. The van der Waals surface area contributed by atoms with Crippen LogP contribution < -0.4 is 0 Å². The van der Waals surface area contributed by atoms with Gasteiger partial charge in [0.2, 0.25) is 0 Å². The maximum Gasteiger partial charge on any atom is 0.183 e. The first kappa shape index (κ1) is 9.92. The van der Waals surface area contributed by atoms with Gasteiger partial charge >= 0.3 is 0 Å². The van der Waals surface area contributed by atoms with Crippen molar-refractivity contribution in [1.29, 1.82) is 0 Å². The van der Waals surface area contributed by atoms with Crippen molar-refractivity contribution < 1.29 is 19.7 Å². The maximum absolute atomic E-state index is 9.52. The lowest BCUT2D eigenvalue weighted by atomic mass is 9.94. The molecule has 0 saturated carbocycles. The molecule has 2 N–H and O–H groups in total. The first-order chi connectivity index (χ1) is 5.69. The molecule has 1 saturated heterocycles. The number of ether oxygens (including phenoxy) is 2. The summed E-state index contributed by atoms with van der Waals surface area (Å²) < 4.78 is 10.2. The van der Waals surface area contributed by atoms with Crippen molar-refractivity contribution in [3.05, 3.63) is 0 Å². The first-order valence-electron chi connectivity index (χ1n) is 4.16. The molecule has 12 heavy (non-hydrogen) atoms. The minimum atomic E-state index is -0.592. The summed E-state index contributed by atoms with van der Waals surface area (Å²) >= 11 is 0. The monoisotopic (exact) mass is 176 g/mol. The van der Waals surface area contributed by atoms with Crippen LogP contribution in [0.1, 0.15) is 13.3 Å². The second kappa shape index (κ2) is 4.18. The van der Waals surface area contributed by atoms with Crippen LogP contribution in [0.2, 0.25) is 0 Å². The summed E-state index contributed by atoms with van der Waals surface area (Å²) in [4.78, 5) is 0. The lowest BCUT2D eigenvalue weighted by Crippen LogP contribution is -2.46. The van der Waals surface area contributed by atoms with E-state index >= 15 is 0 Å². The molecule has 0 amide bonds. The summed E-state index contributed by atoms with van der Waals surface area (Å²) in [5.41, 5.74) is 0. The summed E-state index contributed by atoms with van der Waals surface area (Å²) in [5.74, 6) is 0.112. The van der Waals surface area contributed by atoms with Crippen LogP contribution in [0.25, 0.3) is 0 Å². The van der Waals surface area contributed by atoms with E-state index in [-0.39, 0.29) is 18.6 Å². The summed E-state index contributed by atoms with van der Waals surface area (Å²) in [6, 6.07) is 0. The number of aliphatic hydroxyl groups is 2. The molecule has 0 radical (unpaired) electrons. The average molecular weight is 176 g/mol. The molecule has 1 rings (SSSR count). The van der Waals surface area contributed by atoms with Gasteiger partial charge in [-0.3, -0.25) is 0 Å². The quantitative estimate of drug-likeness (QED) is 0.608. The van der Waals surface area contributed by atoms with Crippen molar-refractivity contribution in [2.24, 2.45) is 5.92 Å². The molecular weight excluding hydrogens is 160 g/mol. The van der Waals surface area contributed by atoms with Crippen molar-refractivity contribution in [2.45, 2.75) is 31.8 Å². The van der Waals surface area contributed by atoms with Crippen molar-refractivity contribution in [3.63, 3.8) is 0 Å². The molecule has 4 heteroatoms. The molecule has 0 aromatic rings. The van der Waals surface area contributed by atoms with Crippen LogP contribution in [-0.4, -0.2) is 42.4 Å². The SMILES string of the molecule is COC1OC(CO)CC(C)C1O. The molecule has 0 bridgehead atoms. The van der Waals surface area contributed by atoms with E-state index in [1.54, 1.807) is 0 Å². The molecular formula is C8H16O4. The highest BCUT2D eigenvalue weighted by atomic mass is 16.7. The highest BCUT2D eigenvalue weighted by molar-refractivity contribution is 4.78. The van der Waals surface area contributed by atoms with Gasteiger partial charge in [0.15, 0.2) is 6.29 Å². The van der Waals surface area contributed by atoms with Gasteiger partial charge in [0, 0.05) is 7.11 Å². The zero-order chi connectivity index (χ0) is 9.14. The maximum atomic E-state index is 9.52. The summed E-state index contributed by atoms with van der Waals surface area (Å²) in [7, 11) is 1.49. The Hall–Kier alpha value is -0.160. The number of methoxy groups -OCH3 is 1. The minimum absolute atomic E-state index is 0.0169. The Balaban J connectivity index is 2.52. The summed E-state index contributed by atoms with van der Waals surface area (Å²) in [6.45, 7) is 1.90. The van der Waals surface area contributed by atoms with Crippen molar-refractivity contribution in [2.75, 3.05) is 13.7 Å². The molecule has 1 fully saturated rings. The zero-order valence-electron chi connectivity index (χ0n) is 7.43. The fraction of sp³-hybridized carbons (Fsp3) is 1.00. The highest BCUT2D eigenvalue weighted by Crippen LogP contribution is 2.25. The molecule has 0 aromatic carbocycles. The van der Waals surface area contributed by atoms with E-state index in [1.807, 2.05) is 6.92 Å². The van der Waals surface area contributed by atoms with Gasteiger partial charge in [-0.15, -0.1) is 0 Å². The van der Waals surface area contributed by atoms with Crippen LogP contribution >= 0.6 is 0 Å². The van der Waals surface area contributed by atoms with E-state index < -0.39 is 12.4 Å². The van der Waals surface area contributed by atoms with Crippen LogP contribution in [0.3, 0.4) is 0 Å². The third-order valence-corrected chi connectivity index (χ3v) is 2.26. The molecule has 1 aliphatic heterocycles.